The van der Waals surface area contributed by atoms with Crippen LogP contribution in [0.2, 0.25) is 0 Å². The summed E-state index contributed by atoms with van der Waals surface area (Å²) in [6.45, 7) is 5.46. The summed E-state index contributed by atoms with van der Waals surface area (Å²) in [6, 6.07) is 4.85. The van der Waals surface area contributed by atoms with Gasteiger partial charge in [-0.25, -0.2) is 4.39 Å². The number of halogens is 2. The van der Waals surface area contributed by atoms with Gasteiger partial charge < -0.3 is 20.1 Å². The molecule has 1 aliphatic carbocycles. The molecule has 1 saturated carbocycles. The summed E-state index contributed by atoms with van der Waals surface area (Å²) in [4.78, 5) is 15.5. The number of carbonyl (C=O) groups is 1. The van der Waals surface area contributed by atoms with Gasteiger partial charge in [0.2, 0.25) is 0 Å². The second-order valence-corrected chi connectivity index (χ2v) is 6.40. The molecule has 152 valence electrons. The van der Waals surface area contributed by atoms with Gasteiger partial charge in [-0.2, -0.15) is 0 Å². The molecule has 2 rings (SSSR count). The smallest absolute Gasteiger partial charge is 0.307 e. The van der Waals surface area contributed by atoms with E-state index in [1.54, 1.807) is 6.07 Å². The van der Waals surface area contributed by atoms with Gasteiger partial charge in [-0.05, 0) is 50.3 Å². The molecule has 8 heteroatoms. The van der Waals surface area contributed by atoms with E-state index in [4.69, 9.17) is 4.74 Å². The van der Waals surface area contributed by atoms with E-state index in [1.807, 2.05) is 19.9 Å². The summed E-state index contributed by atoms with van der Waals surface area (Å²) in [6.07, 6.45) is 2.55. The van der Waals surface area contributed by atoms with Crippen molar-refractivity contribution in [3.05, 3.63) is 29.6 Å². The van der Waals surface area contributed by atoms with Gasteiger partial charge in [0.1, 0.15) is 0 Å². The topological polar surface area (TPSA) is 72.0 Å². The van der Waals surface area contributed by atoms with Gasteiger partial charge in [0.15, 0.2) is 17.5 Å². The van der Waals surface area contributed by atoms with E-state index in [1.165, 1.54) is 26.0 Å². The molecule has 0 amide bonds. The standard InChI is InChI=1S/C19H28FN3O3.HI/c1-4-21-19(22-10-9-18(24)25-3)23-13(2)15-7-8-17(16(20)11-15)26-12-14-5-6-14;/h7-8,11,13-14H,4-6,9-10,12H2,1-3H3,(H2,21,22,23);1H. The second-order valence-electron chi connectivity index (χ2n) is 6.40. The monoisotopic (exact) mass is 493 g/mol. The number of methoxy groups -OCH3 is 1. The van der Waals surface area contributed by atoms with Crippen LogP contribution in [-0.4, -0.2) is 38.7 Å². The predicted octanol–water partition coefficient (Wildman–Crippen LogP) is 3.41. The number of carbonyl (C=O) groups excluding carboxylic acids is 1. The van der Waals surface area contributed by atoms with Crippen molar-refractivity contribution in [2.45, 2.75) is 39.2 Å². The number of guanidine groups is 1. The van der Waals surface area contributed by atoms with E-state index in [0.29, 0.717) is 37.3 Å². The van der Waals surface area contributed by atoms with Crippen molar-refractivity contribution >= 4 is 35.9 Å². The van der Waals surface area contributed by atoms with Gasteiger partial charge in [-0.15, -0.1) is 24.0 Å². The third kappa shape index (κ3) is 8.32. The molecule has 0 aromatic heterocycles. The first-order valence-electron chi connectivity index (χ1n) is 9.07. The molecule has 6 nitrogen and oxygen atoms in total. The molecule has 1 atom stereocenters. The molecule has 2 N–H and O–H groups in total. The zero-order valence-corrected chi connectivity index (χ0v) is 18.4. The largest absolute Gasteiger partial charge is 0.490 e. The van der Waals surface area contributed by atoms with Gasteiger partial charge in [-0.1, -0.05) is 6.07 Å². The van der Waals surface area contributed by atoms with Crippen molar-refractivity contribution < 1.29 is 18.7 Å². The Morgan fingerprint density at radius 2 is 2.15 bits per heavy atom. The lowest BCUT2D eigenvalue weighted by Crippen LogP contribution is -2.39. The first-order valence-corrected chi connectivity index (χ1v) is 9.07. The van der Waals surface area contributed by atoms with Crippen molar-refractivity contribution in [1.29, 1.82) is 0 Å². The lowest BCUT2D eigenvalue weighted by atomic mass is 10.1. The lowest BCUT2D eigenvalue weighted by molar-refractivity contribution is -0.140. The van der Waals surface area contributed by atoms with Crippen LogP contribution < -0.4 is 15.4 Å². The predicted molar refractivity (Wildman–Crippen MR) is 114 cm³/mol. The minimum atomic E-state index is -0.357. The first-order chi connectivity index (χ1) is 12.5. The maximum atomic E-state index is 14.2. The van der Waals surface area contributed by atoms with E-state index in [0.717, 1.165) is 5.56 Å². The molecule has 0 aliphatic heterocycles. The molecule has 1 unspecified atom stereocenters. The molecular weight excluding hydrogens is 464 g/mol. The maximum Gasteiger partial charge on any atom is 0.307 e. The Hall–Kier alpha value is -1.58. The molecule has 1 aromatic carbocycles. The Morgan fingerprint density at radius 1 is 1.41 bits per heavy atom. The van der Waals surface area contributed by atoms with Crippen molar-refractivity contribution in [2.24, 2.45) is 10.9 Å². The highest BCUT2D eigenvalue weighted by Gasteiger charge is 2.22. The maximum absolute atomic E-state index is 14.2. The third-order valence-corrected chi connectivity index (χ3v) is 4.14. The first kappa shape index (κ1) is 23.5. The van der Waals surface area contributed by atoms with Crippen molar-refractivity contribution in [3.63, 3.8) is 0 Å². The highest BCUT2D eigenvalue weighted by Crippen LogP contribution is 2.30. The van der Waals surface area contributed by atoms with Gasteiger partial charge >= 0.3 is 5.97 Å². The number of hydrogen-bond donors (Lipinski definition) is 2. The normalized spacial score (nSPS) is 14.7. The fraction of sp³-hybridized carbons (Fsp3) is 0.579. The number of nitrogens with zero attached hydrogens (tertiary/aromatic N) is 1. The number of ether oxygens (including phenoxy) is 2. The molecule has 1 aromatic rings. The van der Waals surface area contributed by atoms with Crippen LogP contribution in [0.15, 0.2) is 23.2 Å². The van der Waals surface area contributed by atoms with Crippen LogP contribution in [-0.2, 0) is 9.53 Å². The summed E-state index contributed by atoms with van der Waals surface area (Å²) >= 11 is 0. The van der Waals surface area contributed by atoms with Crippen LogP contribution in [0.5, 0.6) is 5.75 Å². The molecule has 1 aliphatic rings. The number of aliphatic imine (C=N–C) groups is 1. The Balaban J connectivity index is 0.00000364. The fourth-order valence-corrected chi connectivity index (χ4v) is 2.37. The average molecular weight is 493 g/mol. The molecule has 0 radical (unpaired) electrons. The number of hydrogen-bond acceptors (Lipinski definition) is 4. The SMILES string of the molecule is CCNC(=NCCC(=O)OC)NC(C)c1ccc(OCC2CC2)c(F)c1.I. The van der Waals surface area contributed by atoms with E-state index in [-0.39, 0.29) is 48.2 Å². The van der Waals surface area contributed by atoms with Gasteiger partial charge in [0.25, 0.3) is 0 Å². The van der Waals surface area contributed by atoms with Crippen LogP contribution >= 0.6 is 24.0 Å². The zero-order valence-electron chi connectivity index (χ0n) is 16.1. The highest BCUT2D eigenvalue weighted by molar-refractivity contribution is 14.0. The van der Waals surface area contributed by atoms with Crippen LogP contribution in [0.1, 0.15) is 44.7 Å². The number of rotatable bonds is 9. The minimum absolute atomic E-state index is 0. The summed E-state index contributed by atoms with van der Waals surface area (Å²) in [7, 11) is 1.35. The average Bonchev–Trinajstić information content (AvgIpc) is 3.44. The molecule has 1 fully saturated rings. The lowest BCUT2D eigenvalue weighted by Gasteiger charge is -2.19. The molecule has 0 bridgehead atoms. The summed E-state index contributed by atoms with van der Waals surface area (Å²) in [5, 5.41) is 6.32. The Labute approximate surface area is 177 Å². The van der Waals surface area contributed by atoms with E-state index in [2.05, 4.69) is 20.4 Å². The van der Waals surface area contributed by atoms with Crippen molar-refractivity contribution in [3.8, 4) is 5.75 Å². The van der Waals surface area contributed by atoms with Crippen LogP contribution in [0.25, 0.3) is 0 Å². The Bertz CT molecular complexity index is 639. The number of esters is 1. The number of benzene rings is 1. The summed E-state index contributed by atoms with van der Waals surface area (Å²) < 4.78 is 24.4. The third-order valence-electron chi connectivity index (χ3n) is 4.14. The minimum Gasteiger partial charge on any atom is -0.490 e. The highest BCUT2D eigenvalue weighted by atomic mass is 127. The summed E-state index contributed by atoms with van der Waals surface area (Å²) in [5.41, 5.74) is 0.792. The zero-order chi connectivity index (χ0) is 18.9. The quantitative estimate of drug-likeness (QED) is 0.239. The van der Waals surface area contributed by atoms with E-state index in [9.17, 15) is 9.18 Å². The summed E-state index contributed by atoms with van der Waals surface area (Å²) in [5.74, 6) is 0.786. The molecule has 0 spiro atoms. The van der Waals surface area contributed by atoms with Crippen LogP contribution in [0.3, 0.4) is 0 Å². The van der Waals surface area contributed by atoms with Gasteiger partial charge in [0.05, 0.1) is 32.7 Å². The Kier molecular flexibility index (Phi) is 10.4. The van der Waals surface area contributed by atoms with Gasteiger partial charge in [0, 0.05) is 6.54 Å². The van der Waals surface area contributed by atoms with Crippen LogP contribution in [0.4, 0.5) is 4.39 Å². The van der Waals surface area contributed by atoms with Crippen LogP contribution in [0, 0.1) is 11.7 Å². The van der Waals surface area contributed by atoms with Gasteiger partial charge in [-0.3, -0.25) is 9.79 Å². The fourth-order valence-electron chi connectivity index (χ4n) is 2.37. The molecule has 0 heterocycles. The molecule has 0 saturated heterocycles. The second kappa shape index (κ2) is 12.0. The molecule has 27 heavy (non-hydrogen) atoms. The van der Waals surface area contributed by atoms with Crippen molar-refractivity contribution in [1.82, 2.24) is 10.6 Å². The van der Waals surface area contributed by atoms with Crippen molar-refractivity contribution in [2.75, 3.05) is 26.8 Å². The number of nitrogens with one attached hydrogen (secondary N) is 2. The Morgan fingerprint density at radius 3 is 2.74 bits per heavy atom. The molecular formula is C19H29FIN3O3. The van der Waals surface area contributed by atoms with E-state index < -0.39 is 0 Å². The van der Waals surface area contributed by atoms with E-state index >= 15 is 0 Å².